The third-order valence-corrected chi connectivity index (χ3v) is 6.29. The fourth-order valence-corrected chi connectivity index (χ4v) is 4.88. The first-order valence-corrected chi connectivity index (χ1v) is 8.92. The summed E-state index contributed by atoms with van der Waals surface area (Å²) in [4.78, 5) is 0.980. The summed E-state index contributed by atoms with van der Waals surface area (Å²) in [6.07, 6.45) is 3.44. The second-order valence-corrected chi connectivity index (χ2v) is 8.04. The van der Waals surface area contributed by atoms with Crippen molar-refractivity contribution in [2.75, 3.05) is 7.05 Å². The molecule has 2 rings (SSSR count). The quantitative estimate of drug-likeness (QED) is 0.917. The molecule has 0 amide bonds. The van der Waals surface area contributed by atoms with Crippen molar-refractivity contribution in [2.24, 2.45) is 5.92 Å². The Hall–Kier alpha value is -0.670. The summed E-state index contributed by atoms with van der Waals surface area (Å²) >= 11 is 0. The van der Waals surface area contributed by atoms with Gasteiger partial charge in [0, 0.05) is 10.9 Å². The summed E-state index contributed by atoms with van der Waals surface area (Å²) < 4.78 is 12.9. The number of rotatable bonds is 4. The van der Waals surface area contributed by atoms with E-state index in [9.17, 15) is 4.21 Å². The maximum Gasteiger partial charge on any atom is 0.0576 e. The first-order chi connectivity index (χ1) is 9.52. The van der Waals surface area contributed by atoms with E-state index < -0.39 is 10.8 Å². The molecule has 0 spiro atoms. The highest BCUT2D eigenvalue weighted by Gasteiger charge is 2.32. The van der Waals surface area contributed by atoms with Gasteiger partial charge in [-0.2, -0.15) is 0 Å². The molecule has 20 heavy (non-hydrogen) atoms. The van der Waals surface area contributed by atoms with E-state index in [4.69, 9.17) is 0 Å². The Bertz CT molecular complexity index is 455. The van der Waals surface area contributed by atoms with Crippen LogP contribution in [0.1, 0.15) is 51.5 Å². The maximum atomic E-state index is 12.9. The van der Waals surface area contributed by atoms with Crippen molar-refractivity contribution in [1.82, 2.24) is 5.32 Å². The largest absolute Gasteiger partial charge is 0.316 e. The molecule has 0 aliphatic heterocycles. The van der Waals surface area contributed by atoms with Crippen LogP contribution in [-0.4, -0.2) is 22.5 Å². The van der Waals surface area contributed by atoms with Crippen LogP contribution in [0.15, 0.2) is 29.2 Å². The van der Waals surface area contributed by atoms with E-state index in [0.29, 0.717) is 17.9 Å². The van der Waals surface area contributed by atoms with E-state index in [1.54, 1.807) is 0 Å². The van der Waals surface area contributed by atoms with Gasteiger partial charge in [-0.15, -0.1) is 0 Å². The van der Waals surface area contributed by atoms with Gasteiger partial charge in [0.1, 0.15) is 0 Å². The van der Waals surface area contributed by atoms with Gasteiger partial charge in [0.05, 0.1) is 16.0 Å². The molecule has 0 saturated heterocycles. The Morgan fingerprint density at radius 2 is 1.85 bits per heavy atom. The predicted molar refractivity (Wildman–Crippen MR) is 86.6 cm³/mol. The van der Waals surface area contributed by atoms with Crippen LogP contribution in [0.3, 0.4) is 0 Å². The minimum atomic E-state index is -0.904. The number of hydrogen-bond acceptors (Lipinski definition) is 2. The Balaban J connectivity index is 2.16. The lowest BCUT2D eigenvalue weighted by Gasteiger charge is -2.34. The summed E-state index contributed by atoms with van der Waals surface area (Å²) in [5.41, 5.74) is 1.31. The summed E-state index contributed by atoms with van der Waals surface area (Å²) in [6, 6.07) is 8.74. The zero-order valence-electron chi connectivity index (χ0n) is 13.1. The summed E-state index contributed by atoms with van der Waals surface area (Å²) in [5, 5.41) is 3.61. The van der Waals surface area contributed by atoms with Gasteiger partial charge in [-0.05, 0) is 55.8 Å². The zero-order chi connectivity index (χ0) is 14.7. The van der Waals surface area contributed by atoms with E-state index in [-0.39, 0.29) is 5.25 Å². The Kier molecular flexibility index (Phi) is 5.39. The van der Waals surface area contributed by atoms with Crippen LogP contribution in [-0.2, 0) is 10.8 Å². The van der Waals surface area contributed by atoms with Crippen LogP contribution in [0.4, 0.5) is 0 Å². The van der Waals surface area contributed by atoms with Crippen molar-refractivity contribution in [1.29, 1.82) is 0 Å². The second-order valence-electron chi connectivity index (χ2n) is 6.37. The number of nitrogens with one attached hydrogen (secondary N) is 1. The highest BCUT2D eigenvalue weighted by Crippen LogP contribution is 2.30. The number of hydrogen-bond donors (Lipinski definition) is 1. The summed E-state index contributed by atoms with van der Waals surface area (Å²) in [5.74, 6) is 1.21. The SMILES string of the molecule is CNC1CCC(C)CC1S(=O)c1ccc(C(C)C)cc1. The molecule has 1 aliphatic carbocycles. The molecule has 4 atom stereocenters. The van der Waals surface area contributed by atoms with Gasteiger partial charge in [-0.25, -0.2) is 0 Å². The smallest absolute Gasteiger partial charge is 0.0576 e. The molecule has 1 aromatic carbocycles. The molecule has 112 valence electrons. The van der Waals surface area contributed by atoms with Crippen molar-refractivity contribution in [3.8, 4) is 0 Å². The van der Waals surface area contributed by atoms with Crippen LogP contribution >= 0.6 is 0 Å². The van der Waals surface area contributed by atoms with Crippen LogP contribution in [0.2, 0.25) is 0 Å². The molecule has 1 aliphatic rings. The lowest BCUT2D eigenvalue weighted by Crippen LogP contribution is -2.44. The topological polar surface area (TPSA) is 29.1 Å². The highest BCUT2D eigenvalue weighted by atomic mass is 32.2. The molecule has 2 nitrogen and oxygen atoms in total. The third-order valence-electron chi connectivity index (χ3n) is 4.48. The molecule has 0 radical (unpaired) electrons. The average molecular weight is 293 g/mol. The molecule has 1 aromatic rings. The van der Waals surface area contributed by atoms with Gasteiger partial charge in [0.2, 0.25) is 0 Å². The van der Waals surface area contributed by atoms with Crippen molar-refractivity contribution in [2.45, 2.75) is 62.1 Å². The zero-order valence-corrected chi connectivity index (χ0v) is 13.9. The summed E-state index contributed by atoms with van der Waals surface area (Å²) in [7, 11) is 1.09. The van der Waals surface area contributed by atoms with Gasteiger partial charge in [0.25, 0.3) is 0 Å². The molecule has 3 heteroatoms. The average Bonchev–Trinajstić information content (AvgIpc) is 2.46. The van der Waals surface area contributed by atoms with Crippen LogP contribution < -0.4 is 5.32 Å². The van der Waals surface area contributed by atoms with E-state index in [1.165, 1.54) is 12.0 Å². The van der Waals surface area contributed by atoms with Gasteiger partial charge < -0.3 is 5.32 Å². The standard InChI is InChI=1S/C17H27NOS/c1-12(2)14-6-8-15(9-7-14)20(19)17-11-13(3)5-10-16(17)18-4/h6-9,12-13,16-18H,5,10-11H2,1-4H3. The van der Waals surface area contributed by atoms with Gasteiger partial charge in [0.15, 0.2) is 0 Å². The first kappa shape index (κ1) is 15.7. The van der Waals surface area contributed by atoms with Crippen molar-refractivity contribution in [3.63, 3.8) is 0 Å². The fourth-order valence-electron chi connectivity index (χ4n) is 3.06. The monoisotopic (exact) mass is 293 g/mol. The second kappa shape index (κ2) is 6.86. The summed E-state index contributed by atoms with van der Waals surface area (Å²) in [6.45, 7) is 6.65. The Morgan fingerprint density at radius 1 is 1.20 bits per heavy atom. The molecule has 0 bridgehead atoms. The van der Waals surface area contributed by atoms with Gasteiger partial charge in [-0.1, -0.05) is 32.9 Å². The maximum absolute atomic E-state index is 12.9. The Morgan fingerprint density at radius 3 is 2.40 bits per heavy atom. The molecular weight excluding hydrogens is 266 g/mol. The number of benzene rings is 1. The third kappa shape index (κ3) is 3.50. The van der Waals surface area contributed by atoms with Crippen LogP contribution in [0.5, 0.6) is 0 Å². The van der Waals surface area contributed by atoms with E-state index in [0.717, 1.165) is 17.7 Å². The van der Waals surface area contributed by atoms with Crippen molar-refractivity contribution in [3.05, 3.63) is 29.8 Å². The molecular formula is C17H27NOS. The molecule has 0 heterocycles. The molecule has 1 fully saturated rings. The first-order valence-electron chi connectivity index (χ1n) is 7.70. The Labute approximate surface area is 125 Å². The normalized spacial score (nSPS) is 28.6. The van der Waals surface area contributed by atoms with Crippen molar-refractivity contribution < 1.29 is 4.21 Å². The minimum absolute atomic E-state index is 0.244. The fraction of sp³-hybridized carbons (Fsp3) is 0.647. The van der Waals surface area contributed by atoms with Crippen LogP contribution in [0.25, 0.3) is 0 Å². The van der Waals surface area contributed by atoms with E-state index in [1.807, 2.05) is 7.05 Å². The van der Waals surface area contributed by atoms with E-state index >= 15 is 0 Å². The molecule has 0 aromatic heterocycles. The molecule has 4 unspecified atom stereocenters. The predicted octanol–water partition coefficient (Wildman–Crippen LogP) is 3.69. The molecule has 1 N–H and O–H groups in total. The van der Waals surface area contributed by atoms with Crippen molar-refractivity contribution >= 4 is 10.8 Å². The van der Waals surface area contributed by atoms with Gasteiger partial charge >= 0.3 is 0 Å². The highest BCUT2D eigenvalue weighted by molar-refractivity contribution is 7.85. The van der Waals surface area contributed by atoms with Gasteiger partial charge in [-0.3, -0.25) is 4.21 Å². The molecule has 1 saturated carbocycles. The van der Waals surface area contributed by atoms with Crippen LogP contribution in [0, 0.1) is 5.92 Å². The minimum Gasteiger partial charge on any atom is -0.316 e. The lowest BCUT2D eigenvalue weighted by molar-refractivity contribution is 0.325. The lowest BCUT2D eigenvalue weighted by atomic mass is 9.87. The van der Waals surface area contributed by atoms with E-state index in [2.05, 4.69) is 50.4 Å².